The van der Waals surface area contributed by atoms with Crippen LogP contribution in [0.3, 0.4) is 0 Å². The zero-order valence-electron chi connectivity index (χ0n) is 44.6. The molecule has 0 radical (unpaired) electrons. The van der Waals surface area contributed by atoms with E-state index in [1.807, 2.05) is 933 Å². The zero-order valence-corrected chi connectivity index (χ0v) is 134. The van der Waals surface area contributed by atoms with Crippen LogP contribution in [0.2, 0.25) is 0 Å². The standard InChI is InChI=1S/H2S109/c1-3-5-7-9-11-13-15-17-19-21-23-25-27-29-31-33-35-37-39-41-43-45-47-49-51-53-55-57-59-61-63-65-67-69-71-73-75-77-79-81-83-85-87-89-91-93-95-97-99-101-103-105-107-109-108-106-104-102-100-98-96-94-92-90-88-86-84-82-80-78-76-74-72-70-68-66-64-62-60-58-56-54-52-50-48-46-44-42-40-38-36-34-32-30-28-26-24-22-20-18-16-14-12-10-8-6-4-2/h1-2H. The maximum atomic E-state index is 4.11. The fraction of sp³-hybridized carbons (Fsp3) is 0. The van der Waals surface area contributed by atoms with Crippen LogP contribution in [-0.4, -0.2) is 0 Å². The maximum Gasteiger partial charge on any atom is 0 e. The number of rotatable bonds is 106. The fourth-order valence-corrected chi connectivity index (χ4v) is 290. The van der Waals surface area contributed by atoms with Crippen molar-refractivity contribution >= 4 is 1070 Å². The van der Waals surface area contributed by atoms with E-state index in [1.54, 1.807) is 98.3 Å². The van der Waals surface area contributed by atoms with Gasteiger partial charge in [0.15, 0.2) is 0 Å². The molecule has 0 saturated heterocycles. The van der Waals surface area contributed by atoms with E-state index >= 15 is 0 Å². The molecule has 109 heavy (non-hydrogen) atoms. The van der Waals surface area contributed by atoms with Crippen LogP contribution >= 0.6 is 1070 Å². The van der Waals surface area contributed by atoms with Crippen molar-refractivity contribution in [1.82, 2.24) is 0 Å². The van der Waals surface area contributed by atoms with Crippen molar-refractivity contribution in [2.45, 2.75) is 0 Å². The normalized spacial score (nSPS) is 11.8. The summed E-state index contributed by atoms with van der Waals surface area (Å²) in [6.45, 7) is 0. The molecule has 0 unspecified atom stereocenters. The van der Waals surface area contributed by atoms with Gasteiger partial charge < -0.3 is 0 Å². The molecule has 0 saturated carbocycles. The van der Waals surface area contributed by atoms with Crippen molar-refractivity contribution in [3.8, 4) is 0 Å². The predicted octanol–water partition coefficient (Wildman–Crippen LogP) is 70.1. The Labute approximate surface area is 1040 Å². The molecule has 109 heteroatoms. The van der Waals surface area contributed by atoms with Gasteiger partial charge in [-0.05, 0) is 157 Å². The predicted molar refractivity (Wildman–Crippen MR) is 830 cm³/mol. The average Bonchev–Trinajstić information content (AvgIpc) is 3.88. The summed E-state index contributed by atoms with van der Waals surface area (Å²) in [5.74, 6) is 0. The number of thiol groups is 2. The molecule has 0 aromatic rings. The van der Waals surface area contributed by atoms with Crippen molar-refractivity contribution in [3.05, 3.63) is 0 Å². The third-order valence-electron chi connectivity index (χ3n) is 2.95. The highest BCUT2D eigenvalue weighted by Gasteiger charge is 2.10. The summed E-state index contributed by atoms with van der Waals surface area (Å²) in [5.41, 5.74) is 0. The van der Waals surface area contributed by atoms with Gasteiger partial charge in [0, 0.05) is 894 Å². The Balaban J connectivity index is 3.09. The maximum absolute atomic E-state index is 4.11. The average molecular weight is 3500 g/mol. The van der Waals surface area contributed by atoms with Crippen molar-refractivity contribution in [3.63, 3.8) is 0 Å². The summed E-state index contributed by atoms with van der Waals surface area (Å²) in [6.07, 6.45) is 0. The van der Waals surface area contributed by atoms with Crippen LogP contribution in [0.25, 0.3) is 0 Å². The molecule has 0 nitrogen and oxygen atoms in total. The second-order valence-corrected chi connectivity index (χ2v) is 197. The smallest absolute Gasteiger partial charge is 0 e. The van der Waals surface area contributed by atoms with E-state index in [2.05, 4.69) is 23.3 Å². The zero-order chi connectivity index (χ0) is 77.7. The third-order valence-corrected chi connectivity index (χ3v) is 239. The molecule has 0 amide bonds. The first-order valence-electron chi connectivity index (χ1n) is 18.0. The lowest BCUT2D eigenvalue weighted by Crippen LogP contribution is -1.35. The highest BCUT2D eigenvalue weighted by atomic mass is 34.2. The van der Waals surface area contributed by atoms with Crippen molar-refractivity contribution < 1.29 is 0 Å². The molecule has 0 fully saturated rings. The van der Waals surface area contributed by atoms with Crippen molar-refractivity contribution in [2.75, 3.05) is 0 Å². The van der Waals surface area contributed by atoms with Crippen LogP contribution in [0, 0.1) is 0 Å². The molecule has 0 atom stereocenters. The second kappa shape index (κ2) is 146. The van der Waals surface area contributed by atoms with Gasteiger partial charge in [-0.2, -0.15) is 0 Å². The molecular weight excluding hydrogens is 3500 g/mol. The van der Waals surface area contributed by atoms with Crippen LogP contribution in [0.5, 0.6) is 0 Å². The highest BCUT2D eigenvalue weighted by Crippen LogP contribution is 2.75. The first-order valence-corrected chi connectivity index (χ1v) is 162. The van der Waals surface area contributed by atoms with E-state index in [9.17, 15) is 0 Å². The quantitative estimate of drug-likeness (QED) is 0.0337. The van der Waals surface area contributed by atoms with E-state index in [4.69, 9.17) is 0 Å². The molecule has 0 heterocycles. The van der Waals surface area contributed by atoms with E-state index < -0.39 is 0 Å². The Morgan fingerprint density at radius 3 is 0.101 bits per heavy atom. The van der Waals surface area contributed by atoms with Gasteiger partial charge in [-0.1, -0.05) is 23.3 Å². The lowest BCUT2D eigenvalue weighted by atomic mass is 30.1. The van der Waals surface area contributed by atoms with Gasteiger partial charge in [0.25, 0.3) is 0 Å². The van der Waals surface area contributed by atoms with Gasteiger partial charge in [0.2, 0.25) is 0 Å². The van der Waals surface area contributed by atoms with Crippen LogP contribution in [0.1, 0.15) is 0 Å². The summed E-state index contributed by atoms with van der Waals surface area (Å²) in [4.78, 5) is 0. The largest absolute Gasteiger partial charge is 0.0988 e. The molecule has 0 aliphatic heterocycles. The van der Waals surface area contributed by atoms with Gasteiger partial charge >= 0.3 is 0 Å². The molecule has 656 valence electrons. The molecular formula is H2S109. The molecule has 0 aromatic heterocycles. The van der Waals surface area contributed by atoms with Crippen molar-refractivity contribution in [1.29, 1.82) is 0 Å². The van der Waals surface area contributed by atoms with Gasteiger partial charge in [0.05, 0.1) is 0 Å². The molecule has 0 spiro atoms. The summed E-state index contributed by atoms with van der Waals surface area (Å²) in [7, 11) is 194. The summed E-state index contributed by atoms with van der Waals surface area (Å²) < 4.78 is 0. The molecule has 0 N–H and O–H groups in total. The fourth-order valence-electron chi connectivity index (χ4n) is 1.19. The monoisotopic (exact) mass is 3490 g/mol. The summed E-state index contributed by atoms with van der Waals surface area (Å²) in [6, 6.07) is 0. The first-order chi connectivity index (χ1) is 54.4. The Morgan fingerprint density at radius 2 is 0.0734 bits per heavy atom. The van der Waals surface area contributed by atoms with Crippen LogP contribution in [0.4, 0.5) is 0 Å². The molecule has 0 aromatic carbocycles. The first kappa shape index (κ1) is 147. The minimum atomic E-state index is 1.49. The molecule has 0 rings (SSSR count). The minimum Gasteiger partial charge on any atom is -0.0988 e. The van der Waals surface area contributed by atoms with E-state index in [0.29, 0.717) is 0 Å². The van der Waals surface area contributed by atoms with Crippen LogP contribution < -0.4 is 0 Å². The molecule has 0 aliphatic rings. The Bertz CT molecular complexity index is 1320. The molecule has 0 bridgehead atoms. The van der Waals surface area contributed by atoms with Gasteiger partial charge in [0.1, 0.15) is 0 Å². The van der Waals surface area contributed by atoms with Gasteiger partial charge in [-0.25, -0.2) is 0 Å². The highest BCUT2D eigenvalue weighted by molar-refractivity contribution is 9.69. The van der Waals surface area contributed by atoms with Gasteiger partial charge in [-0.3, -0.25) is 0 Å². The van der Waals surface area contributed by atoms with Crippen LogP contribution in [0.15, 0.2) is 0 Å². The minimum absolute atomic E-state index is 1.49. The lowest BCUT2D eigenvalue weighted by Gasteiger charge is -2.00. The van der Waals surface area contributed by atoms with Gasteiger partial charge in [-0.15, -0.1) is 0 Å². The Hall–Kier alpha value is 38.2. The van der Waals surface area contributed by atoms with E-state index in [-0.39, 0.29) is 0 Å². The van der Waals surface area contributed by atoms with Crippen molar-refractivity contribution in [2.24, 2.45) is 0 Å². The summed E-state index contributed by atoms with van der Waals surface area (Å²) in [5, 5.41) is 0. The van der Waals surface area contributed by atoms with Crippen LogP contribution in [-0.2, 0) is 0 Å². The van der Waals surface area contributed by atoms with E-state index in [1.165, 1.54) is 19.7 Å². The lowest BCUT2D eigenvalue weighted by molar-refractivity contribution is 5.59. The topological polar surface area (TPSA) is 0 Å². The van der Waals surface area contributed by atoms with E-state index in [0.717, 1.165) is 0 Å². The third kappa shape index (κ3) is 146. The number of hydrogen-bond donors (Lipinski definition) is 2. The Morgan fingerprint density at radius 1 is 0.0459 bits per heavy atom. The summed E-state index contributed by atoms with van der Waals surface area (Å²) >= 11 is 8.21. The number of hydrogen-bond acceptors (Lipinski definition) is 109. The second-order valence-electron chi connectivity index (χ2n) is 7.29. The molecule has 0 aliphatic carbocycles. The SMILES string of the molecule is SSSSSSSSSSSSSSSSSSSSSSSSSSSSSSSSSSSSSSSSSSSSSSSSSSSSSSSSSSSSSSSSSSSSSSSSSSSSSSSSSSSSSSSSSSSSSSSSSSSSSSSSSSSSS. The Kier molecular flexibility index (Phi) is 197.